The van der Waals surface area contributed by atoms with Gasteiger partial charge >= 0.3 is 0 Å². The van der Waals surface area contributed by atoms with E-state index >= 15 is 0 Å². The van der Waals surface area contributed by atoms with E-state index in [9.17, 15) is 9.59 Å². The number of hydrogen-bond donors (Lipinski definition) is 3. The number of aliphatic hydroxyl groups is 1. The fourth-order valence-corrected chi connectivity index (χ4v) is 1.91. The Balaban J connectivity index is 2.29. The topological polar surface area (TPSA) is 78.4 Å². The van der Waals surface area contributed by atoms with Crippen LogP contribution in [-0.4, -0.2) is 36.1 Å². The Kier molecular flexibility index (Phi) is 4.93. The summed E-state index contributed by atoms with van der Waals surface area (Å²) in [6, 6.07) is -0.365. The fourth-order valence-electron chi connectivity index (χ4n) is 1.91. The van der Waals surface area contributed by atoms with Crippen molar-refractivity contribution in [3.05, 3.63) is 0 Å². The maximum Gasteiger partial charge on any atom is 0.242 e. The van der Waals surface area contributed by atoms with Gasteiger partial charge in [0, 0.05) is 19.6 Å². The van der Waals surface area contributed by atoms with Gasteiger partial charge in [0.25, 0.3) is 0 Å². The quantitative estimate of drug-likeness (QED) is 0.621. The molecule has 0 aromatic rings. The number of nitrogens with one attached hydrogen (secondary N) is 2. The molecule has 98 valence electrons. The van der Waals surface area contributed by atoms with Crippen molar-refractivity contribution in [2.75, 3.05) is 13.2 Å². The molecule has 0 unspecified atom stereocenters. The van der Waals surface area contributed by atoms with Crippen LogP contribution in [0.15, 0.2) is 0 Å². The van der Waals surface area contributed by atoms with Gasteiger partial charge in [-0.25, -0.2) is 0 Å². The van der Waals surface area contributed by atoms with Crippen LogP contribution in [0.1, 0.15) is 39.5 Å². The van der Waals surface area contributed by atoms with Crippen LogP contribution in [0.4, 0.5) is 0 Å². The molecule has 5 heteroatoms. The average molecular weight is 242 g/mol. The lowest BCUT2D eigenvalue weighted by Crippen LogP contribution is -2.44. The van der Waals surface area contributed by atoms with Gasteiger partial charge in [-0.1, -0.05) is 13.8 Å². The van der Waals surface area contributed by atoms with Crippen molar-refractivity contribution in [3.63, 3.8) is 0 Å². The maximum atomic E-state index is 11.7. The minimum atomic E-state index is -0.365. The summed E-state index contributed by atoms with van der Waals surface area (Å²) in [4.78, 5) is 22.7. The van der Waals surface area contributed by atoms with Crippen molar-refractivity contribution in [2.24, 2.45) is 5.41 Å². The molecule has 0 aromatic heterocycles. The largest absolute Gasteiger partial charge is 0.396 e. The monoisotopic (exact) mass is 242 g/mol. The second-order valence-corrected chi connectivity index (χ2v) is 5.37. The van der Waals surface area contributed by atoms with E-state index in [1.165, 1.54) is 0 Å². The van der Waals surface area contributed by atoms with Gasteiger partial charge in [0.2, 0.25) is 11.8 Å². The molecule has 1 atom stereocenters. The van der Waals surface area contributed by atoms with Gasteiger partial charge in [0.05, 0.1) is 0 Å². The van der Waals surface area contributed by atoms with E-state index in [1.807, 2.05) is 0 Å². The molecule has 1 fully saturated rings. The molecule has 1 rings (SSSR count). The van der Waals surface area contributed by atoms with Crippen LogP contribution in [0.5, 0.6) is 0 Å². The van der Waals surface area contributed by atoms with E-state index in [0.29, 0.717) is 19.4 Å². The molecule has 0 aliphatic carbocycles. The first-order valence-electron chi connectivity index (χ1n) is 6.12. The Morgan fingerprint density at radius 1 is 1.59 bits per heavy atom. The third-order valence-electron chi connectivity index (χ3n) is 3.06. The van der Waals surface area contributed by atoms with Gasteiger partial charge in [0.1, 0.15) is 6.04 Å². The molecule has 1 saturated heterocycles. The smallest absolute Gasteiger partial charge is 0.242 e. The second kappa shape index (κ2) is 6.00. The van der Waals surface area contributed by atoms with E-state index < -0.39 is 0 Å². The van der Waals surface area contributed by atoms with E-state index in [0.717, 1.165) is 12.8 Å². The van der Waals surface area contributed by atoms with Crippen LogP contribution in [0, 0.1) is 5.41 Å². The van der Waals surface area contributed by atoms with Crippen LogP contribution in [-0.2, 0) is 9.59 Å². The van der Waals surface area contributed by atoms with Crippen molar-refractivity contribution in [2.45, 2.75) is 45.6 Å². The Hall–Kier alpha value is -1.10. The van der Waals surface area contributed by atoms with Crippen LogP contribution in [0.3, 0.4) is 0 Å². The summed E-state index contributed by atoms with van der Waals surface area (Å²) in [5.41, 5.74) is -0.0268. The molecule has 0 radical (unpaired) electrons. The number of carbonyl (C=O) groups is 2. The highest BCUT2D eigenvalue weighted by Gasteiger charge is 2.28. The molecule has 0 saturated carbocycles. The van der Waals surface area contributed by atoms with Crippen molar-refractivity contribution >= 4 is 11.8 Å². The Morgan fingerprint density at radius 3 is 2.82 bits per heavy atom. The Labute approximate surface area is 102 Å². The maximum absolute atomic E-state index is 11.7. The number of rotatable bonds is 6. The lowest BCUT2D eigenvalue weighted by molar-refractivity contribution is -0.126. The van der Waals surface area contributed by atoms with Crippen molar-refractivity contribution in [1.82, 2.24) is 10.6 Å². The van der Waals surface area contributed by atoms with Gasteiger partial charge in [0.15, 0.2) is 0 Å². The van der Waals surface area contributed by atoms with Crippen LogP contribution in [0.2, 0.25) is 0 Å². The molecular weight excluding hydrogens is 220 g/mol. The minimum absolute atomic E-state index is 0.0268. The van der Waals surface area contributed by atoms with Gasteiger partial charge in [-0.05, 0) is 24.7 Å². The fraction of sp³-hybridized carbons (Fsp3) is 0.833. The Morgan fingerprint density at radius 2 is 2.29 bits per heavy atom. The number of hydrogen-bond acceptors (Lipinski definition) is 3. The summed E-state index contributed by atoms with van der Waals surface area (Å²) in [5.74, 6) is -0.155. The summed E-state index contributed by atoms with van der Waals surface area (Å²) >= 11 is 0. The molecule has 5 nitrogen and oxygen atoms in total. The lowest BCUT2D eigenvalue weighted by Gasteiger charge is -2.25. The van der Waals surface area contributed by atoms with E-state index in [2.05, 4.69) is 24.5 Å². The molecule has 0 spiro atoms. The molecule has 0 bridgehead atoms. The molecular formula is C12H22N2O3. The predicted molar refractivity (Wildman–Crippen MR) is 64.3 cm³/mol. The first kappa shape index (κ1) is 14.0. The zero-order valence-corrected chi connectivity index (χ0v) is 10.6. The molecule has 0 aromatic carbocycles. The van der Waals surface area contributed by atoms with Crippen LogP contribution in [0.25, 0.3) is 0 Å². The third-order valence-corrected chi connectivity index (χ3v) is 3.06. The van der Waals surface area contributed by atoms with E-state index in [1.54, 1.807) is 0 Å². The van der Waals surface area contributed by atoms with Crippen LogP contribution < -0.4 is 10.6 Å². The zero-order valence-electron chi connectivity index (χ0n) is 10.6. The highest BCUT2D eigenvalue weighted by Crippen LogP contribution is 2.20. The first-order chi connectivity index (χ1) is 7.94. The summed E-state index contributed by atoms with van der Waals surface area (Å²) in [6.07, 6.45) is 2.62. The SMILES string of the molecule is CC(C)(CCCO)CNC(=O)[C@H]1CCC(=O)N1. The molecule has 1 aliphatic heterocycles. The third kappa shape index (κ3) is 4.73. The van der Waals surface area contributed by atoms with Gasteiger partial charge in [-0.2, -0.15) is 0 Å². The van der Waals surface area contributed by atoms with Gasteiger partial charge < -0.3 is 15.7 Å². The first-order valence-corrected chi connectivity index (χ1v) is 6.12. The van der Waals surface area contributed by atoms with E-state index in [-0.39, 0.29) is 29.9 Å². The van der Waals surface area contributed by atoms with Gasteiger partial charge in [-0.15, -0.1) is 0 Å². The number of amides is 2. The second-order valence-electron chi connectivity index (χ2n) is 5.37. The predicted octanol–water partition coefficient (Wildman–Crippen LogP) is 0.180. The van der Waals surface area contributed by atoms with Crippen molar-refractivity contribution in [3.8, 4) is 0 Å². The summed E-state index contributed by atoms with van der Waals surface area (Å²) in [5, 5.41) is 14.3. The number of carbonyl (C=O) groups excluding carboxylic acids is 2. The zero-order chi connectivity index (χ0) is 12.9. The minimum Gasteiger partial charge on any atom is -0.396 e. The van der Waals surface area contributed by atoms with Crippen molar-refractivity contribution in [1.29, 1.82) is 0 Å². The normalized spacial score (nSPS) is 20.2. The Bertz CT molecular complexity index is 289. The molecule has 17 heavy (non-hydrogen) atoms. The highest BCUT2D eigenvalue weighted by atomic mass is 16.3. The molecule has 1 aliphatic rings. The van der Waals surface area contributed by atoms with Crippen LogP contribution >= 0.6 is 0 Å². The van der Waals surface area contributed by atoms with E-state index in [4.69, 9.17) is 5.11 Å². The lowest BCUT2D eigenvalue weighted by atomic mass is 9.88. The average Bonchev–Trinajstić information content (AvgIpc) is 2.70. The summed E-state index contributed by atoms with van der Waals surface area (Å²) in [6.45, 7) is 4.85. The standard InChI is InChI=1S/C12H22N2O3/c1-12(2,6-3-7-15)8-13-11(17)9-4-5-10(16)14-9/h9,15H,3-8H2,1-2H3,(H,13,17)(H,14,16)/t9-/m1/s1. The molecule has 3 N–H and O–H groups in total. The molecule has 2 amide bonds. The summed E-state index contributed by atoms with van der Waals surface area (Å²) in [7, 11) is 0. The molecule has 1 heterocycles. The highest BCUT2D eigenvalue weighted by molar-refractivity contribution is 5.90. The van der Waals surface area contributed by atoms with Gasteiger partial charge in [-0.3, -0.25) is 9.59 Å². The van der Waals surface area contributed by atoms with Crippen molar-refractivity contribution < 1.29 is 14.7 Å². The number of aliphatic hydroxyl groups excluding tert-OH is 1. The summed E-state index contributed by atoms with van der Waals surface area (Å²) < 4.78 is 0.